The molecule has 1 amide bonds. The van der Waals surface area contributed by atoms with Crippen LogP contribution >= 0.6 is 11.6 Å². The lowest BCUT2D eigenvalue weighted by molar-refractivity contribution is -0.116. The van der Waals surface area contributed by atoms with Gasteiger partial charge in [-0.3, -0.25) is 4.79 Å². The molecule has 1 aliphatic heterocycles. The third-order valence-electron chi connectivity index (χ3n) is 4.37. The first-order chi connectivity index (χ1) is 11.6. The minimum absolute atomic E-state index is 0.00342. The van der Waals surface area contributed by atoms with Gasteiger partial charge >= 0.3 is 0 Å². The maximum absolute atomic E-state index is 12.2. The number of nitrogens with one attached hydrogen (secondary N) is 1. The largest absolute Gasteiger partial charge is 0.310 e. The number of halogens is 1. The third-order valence-corrected chi connectivity index (χ3v) is 4.62. The Morgan fingerprint density at radius 1 is 1.12 bits per heavy atom. The van der Waals surface area contributed by atoms with Crippen LogP contribution in [0.1, 0.15) is 29.0 Å². The lowest BCUT2D eigenvalue weighted by Gasteiger charge is -2.23. The molecule has 0 saturated heterocycles. The van der Waals surface area contributed by atoms with Gasteiger partial charge in [0.1, 0.15) is 5.82 Å². The van der Waals surface area contributed by atoms with Crippen molar-refractivity contribution in [1.29, 1.82) is 0 Å². The molecule has 0 saturated carbocycles. The van der Waals surface area contributed by atoms with E-state index < -0.39 is 0 Å². The predicted octanol–water partition coefficient (Wildman–Crippen LogP) is 4.31. The zero-order valence-electron chi connectivity index (χ0n) is 13.2. The first-order valence-electron chi connectivity index (χ1n) is 7.82. The van der Waals surface area contributed by atoms with Crippen molar-refractivity contribution in [3.8, 4) is 5.69 Å². The Morgan fingerprint density at radius 2 is 1.83 bits per heavy atom. The molecular weight excluding hydrogens is 322 g/mol. The van der Waals surface area contributed by atoms with Crippen molar-refractivity contribution in [2.75, 3.05) is 5.32 Å². The number of amides is 1. The molecule has 1 atom stereocenters. The number of nitrogens with zero attached hydrogens (tertiary/aromatic N) is 2. The minimum atomic E-state index is -0.00906. The van der Waals surface area contributed by atoms with Crippen molar-refractivity contribution in [1.82, 2.24) is 9.78 Å². The zero-order chi connectivity index (χ0) is 16.7. The van der Waals surface area contributed by atoms with E-state index in [9.17, 15) is 4.79 Å². The summed E-state index contributed by atoms with van der Waals surface area (Å²) < 4.78 is 1.79. The van der Waals surface area contributed by atoms with Crippen molar-refractivity contribution in [3.63, 3.8) is 0 Å². The molecule has 0 fully saturated rings. The Bertz CT molecular complexity index is 897. The number of aromatic nitrogens is 2. The molecule has 120 valence electrons. The van der Waals surface area contributed by atoms with Gasteiger partial charge < -0.3 is 5.32 Å². The topological polar surface area (TPSA) is 46.9 Å². The quantitative estimate of drug-likeness (QED) is 0.757. The Morgan fingerprint density at radius 3 is 2.54 bits per heavy atom. The zero-order valence-corrected chi connectivity index (χ0v) is 13.9. The number of hydrogen-bond donors (Lipinski definition) is 1. The fraction of sp³-hybridized carbons (Fsp3) is 0.158. The van der Waals surface area contributed by atoms with Crippen LogP contribution in [0.25, 0.3) is 5.69 Å². The summed E-state index contributed by atoms with van der Waals surface area (Å²) in [7, 11) is 0. The average molecular weight is 338 g/mol. The van der Waals surface area contributed by atoms with Crippen molar-refractivity contribution < 1.29 is 4.79 Å². The predicted molar refractivity (Wildman–Crippen MR) is 94.8 cm³/mol. The van der Waals surface area contributed by atoms with Crippen LogP contribution < -0.4 is 5.32 Å². The molecule has 1 unspecified atom stereocenters. The highest BCUT2D eigenvalue weighted by molar-refractivity contribution is 6.30. The Hall–Kier alpha value is -2.59. The molecule has 2 aromatic carbocycles. The number of carbonyl (C=O) groups is 1. The van der Waals surface area contributed by atoms with Crippen molar-refractivity contribution in [2.45, 2.75) is 19.3 Å². The van der Waals surface area contributed by atoms with Gasteiger partial charge in [0.15, 0.2) is 0 Å². The van der Waals surface area contributed by atoms with E-state index in [2.05, 4.69) is 10.4 Å². The van der Waals surface area contributed by atoms with Crippen LogP contribution in [0.4, 0.5) is 5.82 Å². The summed E-state index contributed by atoms with van der Waals surface area (Å²) in [5.74, 6) is 0.733. The number of carbonyl (C=O) groups excluding carboxylic acids is 1. The van der Waals surface area contributed by atoms with Gasteiger partial charge in [0, 0.05) is 22.9 Å². The summed E-state index contributed by atoms with van der Waals surface area (Å²) in [6.07, 6.45) is 2.25. The molecule has 4 rings (SSSR count). The Labute approximate surface area is 145 Å². The first-order valence-corrected chi connectivity index (χ1v) is 8.20. The van der Waals surface area contributed by atoms with Gasteiger partial charge in [0.2, 0.25) is 5.91 Å². The highest BCUT2D eigenvalue weighted by Crippen LogP contribution is 2.38. The van der Waals surface area contributed by atoms with Crippen molar-refractivity contribution >= 4 is 23.3 Å². The van der Waals surface area contributed by atoms with Crippen LogP contribution in [0.15, 0.2) is 54.7 Å². The fourth-order valence-corrected chi connectivity index (χ4v) is 3.22. The second-order valence-corrected chi connectivity index (χ2v) is 6.49. The molecule has 0 aliphatic carbocycles. The van der Waals surface area contributed by atoms with E-state index >= 15 is 0 Å². The van der Waals surface area contributed by atoms with Gasteiger partial charge in [-0.2, -0.15) is 5.10 Å². The van der Waals surface area contributed by atoms with Crippen LogP contribution in [0, 0.1) is 6.92 Å². The van der Waals surface area contributed by atoms with E-state index in [1.165, 1.54) is 5.56 Å². The number of anilines is 1. The molecule has 5 heteroatoms. The van der Waals surface area contributed by atoms with Gasteiger partial charge in [-0.1, -0.05) is 41.4 Å². The molecule has 1 aliphatic rings. The molecule has 4 nitrogen and oxygen atoms in total. The average Bonchev–Trinajstić information content (AvgIpc) is 2.99. The Kier molecular flexibility index (Phi) is 3.62. The number of hydrogen-bond acceptors (Lipinski definition) is 2. The summed E-state index contributed by atoms with van der Waals surface area (Å²) in [6.45, 7) is 2.04. The SMILES string of the molecule is Cc1ccc(-n2ncc3c2NC(=O)CC3c2ccc(Cl)cc2)cc1. The summed E-state index contributed by atoms with van der Waals surface area (Å²) in [5.41, 5.74) is 4.21. The first kappa shape index (κ1) is 15.0. The van der Waals surface area contributed by atoms with E-state index in [0.717, 1.165) is 22.6 Å². The smallest absolute Gasteiger partial charge is 0.226 e. The van der Waals surface area contributed by atoms with Crippen LogP contribution in [0.3, 0.4) is 0 Å². The summed E-state index contributed by atoms with van der Waals surface area (Å²) in [5, 5.41) is 8.16. The van der Waals surface area contributed by atoms with Crippen LogP contribution in [-0.2, 0) is 4.79 Å². The van der Waals surface area contributed by atoms with Crippen LogP contribution in [0.2, 0.25) is 5.02 Å². The van der Waals surface area contributed by atoms with Crippen LogP contribution in [-0.4, -0.2) is 15.7 Å². The molecule has 2 heterocycles. The van der Waals surface area contributed by atoms with Gasteiger partial charge in [-0.25, -0.2) is 4.68 Å². The standard InChI is InChI=1S/C19H16ClN3O/c1-12-2-8-15(9-3-12)23-19-17(11-21-23)16(10-18(24)22-19)13-4-6-14(20)7-5-13/h2-9,11,16H,10H2,1H3,(H,22,24). The van der Waals surface area contributed by atoms with Gasteiger partial charge in [-0.15, -0.1) is 0 Å². The molecule has 24 heavy (non-hydrogen) atoms. The van der Waals surface area contributed by atoms with E-state index in [0.29, 0.717) is 11.4 Å². The number of benzene rings is 2. The van der Waals surface area contributed by atoms with E-state index in [-0.39, 0.29) is 11.8 Å². The number of rotatable bonds is 2. The summed E-state index contributed by atoms with van der Waals surface area (Å²) in [4.78, 5) is 12.2. The Balaban J connectivity index is 1.80. The maximum atomic E-state index is 12.2. The lowest BCUT2D eigenvalue weighted by Crippen LogP contribution is -2.24. The monoisotopic (exact) mass is 337 g/mol. The van der Waals surface area contributed by atoms with E-state index in [4.69, 9.17) is 11.6 Å². The fourth-order valence-electron chi connectivity index (χ4n) is 3.09. The molecule has 3 aromatic rings. The maximum Gasteiger partial charge on any atom is 0.226 e. The highest BCUT2D eigenvalue weighted by Gasteiger charge is 2.30. The normalized spacial score (nSPS) is 16.6. The third kappa shape index (κ3) is 2.59. The molecule has 0 radical (unpaired) electrons. The summed E-state index contributed by atoms with van der Waals surface area (Å²) >= 11 is 5.98. The van der Waals surface area contributed by atoms with E-state index in [1.807, 2.05) is 61.7 Å². The molecule has 1 N–H and O–H groups in total. The number of fused-ring (bicyclic) bond motifs is 1. The second kappa shape index (κ2) is 5.80. The van der Waals surface area contributed by atoms with Crippen molar-refractivity contribution in [3.05, 3.63) is 76.4 Å². The highest BCUT2D eigenvalue weighted by atomic mass is 35.5. The lowest BCUT2D eigenvalue weighted by atomic mass is 9.87. The van der Waals surface area contributed by atoms with Crippen LogP contribution in [0.5, 0.6) is 0 Å². The van der Waals surface area contributed by atoms with Gasteiger partial charge in [0.05, 0.1) is 11.9 Å². The molecule has 0 spiro atoms. The molecule has 0 bridgehead atoms. The van der Waals surface area contributed by atoms with Crippen molar-refractivity contribution in [2.24, 2.45) is 0 Å². The minimum Gasteiger partial charge on any atom is -0.310 e. The van der Waals surface area contributed by atoms with E-state index in [1.54, 1.807) is 4.68 Å². The van der Waals surface area contributed by atoms with Gasteiger partial charge in [-0.05, 0) is 36.8 Å². The molecule has 1 aromatic heterocycles. The molecular formula is C19H16ClN3O. The van der Waals surface area contributed by atoms with Gasteiger partial charge in [0.25, 0.3) is 0 Å². The second-order valence-electron chi connectivity index (χ2n) is 6.05. The number of aryl methyl sites for hydroxylation is 1. The summed E-state index contributed by atoms with van der Waals surface area (Å²) in [6, 6.07) is 15.7.